The minimum absolute atomic E-state index is 0.0898. The predicted octanol–water partition coefficient (Wildman–Crippen LogP) is 5.85. The van der Waals surface area contributed by atoms with Gasteiger partial charge in [0, 0.05) is 28.6 Å². The zero-order valence-electron chi connectivity index (χ0n) is 22.1. The third-order valence-corrected chi connectivity index (χ3v) is 7.98. The van der Waals surface area contributed by atoms with Gasteiger partial charge in [-0.15, -0.1) is 0 Å². The number of aryl methyl sites for hydroxylation is 1. The highest BCUT2D eigenvalue weighted by Gasteiger charge is 2.57. The first-order valence-corrected chi connectivity index (χ1v) is 13.5. The van der Waals surface area contributed by atoms with Crippen LogP contribution in [0.2, 0.25) is 0 Å². The van der Waals surface area contributed by atoms with E-state index in [0.29, 0.717) is 22.8 Å². The second-order valence-electron chi connectivity index (χ2n) is 10.4. The summed E-state index contributed by atoms with van der Waals surface area (Å²) in [5.74, 6) is 1.55. The summed E-state index contributed by atoms with van der Waals surface area (Å²) in [7, 11) is 0. The zero-order chi connectivity index (χ0) is 27.3. The first-order valence-electron chi connectivity index (χ1n) is 13.5. The molecule has 4 aromatic carbocycles. The van der Waals surface area contributed by atoms with E-state index in [9.17, 15) is 9.59 Å². The van der Waals surface area contributed by atoms with Gasteiger partial charge in [-0.2, -0.15) is 0 Å². The number of rotatable bonds is 6. The molecule has 3 heterocycles. The van der Waals surface area contributed by atoms with Gasteiger partial charge in [-0.05, 0) is 53.4 Å². The molecule has 0 aliphatic carbocycles. The third-order valence-electron chi connectivity index (χ3n) is 7.98. The van der Waals surface area contributed by atoms with E-state index in [-0.39, 0.29) is 31.8 Å². The van der Waals surface area contributed by atoms with Crippen LogP contribution in [0.15, 0.2) is 84.9 Å². The Morgan fingerprint density at radius 1 is 0.875 bits per heavy atom. The molecule has 3 aliphatic rings. The average Bonchev–Trinajstić information content (AvgIpc) is 3.66. The van der Waals surface area contributed by atoms with Crippen LogP contribution in [0.3, 0.4) is 0 Å². The molecular formula is C33H28N2O5. The van der Waals surface area contributed by atoms with Gasteiger partial charge in [-0.25, -0.2) is 0 Å². The molecule has 7 heteroatoms. The van der Waals surface area contributed by atoms with Crippen molar-refractivity contribution in [1.82, 2.24) is 0 Å². The molecule has 0 radical (unpaired) electrons. The number of nitrogens with zero attached hydrogens (tertiary/aromatic N) is 1. The van der Waals surface area contributed by atoms with Gasteiger partial charge in [0.2, 0.25) is 12.7 Å². The summed E-state index contributed by atoms with van der Waals surface area (Å²) in [5.41, 5.74) is 4.72. The van der Waals surface area contributed by atoms with Crippen molar-refractivity contribution in [2.75, 3.05) is 23.6 Å². The standard InChI is InChI=1S/C33H28N2O5/c1-2-7-21-12-14-23(15-13-21)34-31(36)24-9-4-3-8-22(24)18-35-27-11-6-5-10-25(27)33(32(35)37)19-38-28-17-30-29(16-26(28)33)39-20-40-30/h3-6,8-17H,2,7,18-20H2,1H3,(H,34,36). The van der Waals surface area contributed by atoms with Crippen molar-refractivity contribution in [3.05, 3.63) is 113 Å². The molecule has 0 bridgehead atoms. The van der Waals surface area contributed by atoms with Crippen LogP contribution in [-0.2, 0) is 23.2 Å². The maximum absolute atomic E-state index is 14.4. The topological polar surface area (TPSA) is 77.1 Å². The number of benzene rings is 4. The highest BCUT2D eigenvalue weighted by Crippen LogP contribution is 2.55. The van der Waals surface area contributed by atoms with Crippen LogP contribution in [-0.4, -0.2) is 25.2 Å². The summed E-state index contributed by atoms with van der Waals surface area (Å²) in [4.78, 5) is 29.6. The van der Waals surface area contributed by atoms with E-state index in [2.05, 4.69) is 12.2 Å². The van der Waals surface area contributed by atoms with Crippen molar-refractivity contribution in [3.63, 3.8) is 0 Å². The van der Waals surface area contributed by atoms with Gasteiger partial charge < -0.3 is 24.4 Å². The molecule has 40 heavy (non-hydrogen) atoms. The van der Waals surface area contributed by atoms with E-state index in [1.165, 1.54) is 5.56 Å². The Balaban J connectivity index is 1.21. The number of anilines is 2. The summed E-state index contributed by atoms with van der Waals surface area (Å²) in [6.45, 7) is 2.72. The van der Waals surface area contributed by atoms with Crippen LogP contribution in [0.1, 0.15) is 46.0 Å². The van der Waals surface area contributed by atoms with Crippen LogP contribution in [0.4, 0.5) is 11.4 Å². The first kappa shape index (κ1) is 24.3. The Labute approximate surface area is 232 Å². The van der Waals surface area contributed by atoms with Crippen molar-refractivity contribution in [2.45, 2.75) is 31.7 Å². The summed E-state index contributed by atoms with van der Waals surface area (Å²) in [6, 6.07) is 26.8. The van der Waals surface area contributed by atoms with Crippen LogP contribution < -0.4 is 24.4 Å². The summed E-state index contributed by atoms with van der Waals surface area (Å²) in [5, 5.41) is 3.02. The van der Waals surface area contributed by atoms with Crippen LogP contribution >= 0.6 is 0 Å². The Morgan fingerprint density at radius 3 is 2.45 bits per heavy atom. The Kier molecular flexibility index (Phi) is 5.73. The molecule has 2 amide bonds. The Bertz CT molecular complexity index is 1650. The number of para-hydroxylation sites is 1. The van der Waals surface area contributed by atoms with Gasteiger partial charge in [0.25, 0.3) is 5.91 Å². The number of hydrogen-bond donors (Lipinski definition) is 1. The van der Waals surface area contributed by atoms with Crippen molar-refractivity contribution in [2.24, 2.45) is 0 Å². The lowest BCUT2D eigenvalue weighted by atomic mass is 9.77. The van der Waals surface area contributed by atoms with Gasteiger partial charge in [-0.3, -0.25) is 9.59 Å². The molecule has 200 valence electrons. The normalized spacial score (nSPS) is 18.0. The molecule has 1 unspecified atom stereocenters. The number of nitrogens with one attached hydrogen (secondary N) is 1. The summed E-state index contributed by atoms with van der Waals surface area (Å²) in [6.07, 6.45) is 2.07. The summed E-state index contributed by atoms with van der Waals surface area (Å²) >= 11 is 0. The van der Waals surface area contributed by atoms with Crippen LogP contribution in [0.25, 0.3) is 0 Å². The van der Waals surface area contributed by atoms with Gasteiger partial charge in [0.05, 0.1) is 6.54 Å². The minimum Gasteiger partial charge on any atom is -0.491 e. The molecule has 4 aromatic rings. The second-order valence-corrected chi connectivity index (χ2v) is 10.4. The van der Waals surface area contributed by atoms with E-state index in [4.69, 9.17) is 14.2 Å². The van der Waals surface area contributed by atoms with E-state index in [1.807, 2.05) is 72.8 Å². The molecule has 0 fully saturated rings. The Hall–Kier alpha value is -4.78. The number of ether oxygens (including phenoxy) is 3. The lowest BCUT2D eigenvalue weighted by Crippen LogP contribution is -2.42. The zero-order valence-corrected chi connectivity index (χ0v) is 22.1. The molecule has 0 saturated heterocycles. The van der Waals surface area contributed by atoms with E-state index in [1.54, 1.807) is 17.0 Å². The second kappa shape index (κ2) is 9.45. The van der Waals surface area contributed by atoms with Crippen molar-refractivity contribution in [1.29, 1.82) is 0 Å². The van der Waals surface area contributed by atoms with Crippen LogP contribution in [0.5, 0.6) is 17.2 Å². The van der Waals surface area contributed by atoms with Crippen molar-refractivity contribution < 1.29 is 23.8 Å². The average molecular weight is 533 g/mol. The lowest BCUT2D eigenvalue weighted by Gasteiger charge is -2.24. The molecular weight excluding hydrogens is 504 g/mol. The minimum atomic E-state index is -0.996. The largest absolute Gasteiger partial charge is 0.491 e. The Morgan fingerprint density at radius 2 is 1.62 bits per heavy atom. The third kappa shape index (κ3) is 3.72. The fourth-order valence-electron chi connectivity index (χ4n) is 6.01. The SMILES string of the molecule is CCCc1ccc(NC(=O)c2ccccc2CN2C(=O)C3(COc4cc5c(cc43)OCO5)c3ccccc32)cc1. The first-order chi connectivity index (χ1) is 19.6. The quantitative estimate of drug-likeness (QED) is 0.337. The summed E-state index contributed by atoms with van der Waals surface area (Å²) < 4.78 is 17.3. The maximum Gasteiger partial charge on any atom is 0.256 e. The van der Waals surface area contributed by atoms with Crippen LogP contribution in [0, 0.1) is 0 Å². The molecule has 1 N–H and O–H groups in total. The van der Waals surface area contributed by atoms with Crippen molar-refractivity contribution >= 4 is 23.2 Å². The number of fused-ring (bicyclic) bond motifs is 5. The molecule has 0 aromatic heterocycles. The molecule has 7 nitrogen and oxygen atoms in total. The smallest absolute Gasteiger partial charge is 0.256 e. The fraction of sp³-hybridized carbons (Fsp3) is 0.212. The highest BCUT2D eigenvalue weighted by molar-refractivity contribution is 6.12. The van der Waals surface area contributed by atoms with Crippen molar-refractivity contribution in [3.8, 4) is 17.2 Å². The van der Waals surface area contributed by atoms with E-state index < -0.39 is 5.41 Å². The van der Waals surface area contributed by atoms with E-state index >= 15 is 0 Å². The van der Waals surface area contributed by atoms with Gasteiger partial charge in [0.15, 0.2) is 11.5 Å². The predicted molar refractivity (Wildman–Crippen MR) is 151 cm³/mol. The van der Waals surface area contributed by atoms with Gasteiger partial charge in [0.1, 0.15) is 17.8 Å². The molecule has 1 atom stereocenters. The number of hydrogen-bond acceptors (Lipinski definition) is 5. The molecule has 3 aliphatic heterocycles. The molecule has 0 saturated carbocycles. The number of carbonyl (C=O) groups is 2. The molecule has 1 spiro atoms. The molecule has 7 rings (SSSR count). The van der Waals surface area contributed by atoms with Gasteiger partial charge >= 0.3 is 0 Å². The number of amides is 2. The maximum atomic E-state index is 14.4. The number of carbonyl (C=O) groups excluding carboxylic acids is 2. The highest BCUT2D eigenvalue weighted by atomic mass is 16.7. The monoisotopic (exact) mass is 532 g/mol. The lowest BCUT2D eigenvalue weighted by molar-refractivity contribution is -0.122. The van der Waals surface area contributed by atoms with E-state index in [0.717, 1.165) is 40.9 Å². The van der Waals surface area contributed by atoms with Gasteiger partial charge in [-0.1, -0.05) is 61.9 Å². The fourth-order valence-corrected chi connectivity index (χ4v) is 6.01.